The van der Waals surface area contributed by atoms with E-state index in [2.05, 4.69) is 30.8 Å². The van der Waals surface area contributed by atoms with Gasteiger partial charge in [-0.05, 0) is 128 Å². The zero-order chi connectivity index (χ0) is 43.3. The molecule has 0 radical (unpaired) electrons. The van der Waals surface area contributed by atoms with E-state index >= 15 is 0 Å². The molecule has 4 saturated carbocycles. The Morgan fingerprint density at radius 3 is 2.20 bits per heavy atom. The van der Waals surface area contributed by atoms with Gasteiger partial charge in [0.25, 0.3) is 5.69 Å². The lowest BCUT2D eigenvalue weighted by molar-refractivity contribution is -0.384. The van der Waals surface area contributed by atoms with E-state index in [1.165, 1.54) is 49.9 Å². The molecular weight excluding hydrogens is 776 g/mol. The lowest BCUT2D eigenvalue weighted by Gasteiger charge is -2.61. The minimum absolute atomic E-state index is 0.133. The van der Waals surface area contributed by atoms with Gasteiger partial charge in [0.1, 0.15) is 12.7 Å². The first kappa shape index (κ1) is 46.9. The number of carbonyl (C=O) groups is 4. The monoisotopic (exact) mass is 840 g/mol. The second-order valence-electron chi connectivity index (χ2n) is 18.0. The van der Waals surface area contributed by atoms with Crippen LogP contribution in [0.5, 0.6) is 0 Å². The lowest BCUT2D eigenvalue weighted by Crippen LogP contribution is -2.54. The van der Waals surface area contributed by atoms with Crippen molar-refractivity contribution in [3.05, 3.63) is 50.4 Å². The maximum atomic E-state index is 13.4. The fourth-order valence-electron chi connectivity index (χ4n) is 11.6. The average molecular weight is 841 g/mol. The molecule has 1 N–H and O–H groups in total. The van der Waals surface area contributed by atoms with Crippen molar-refractivity contribution in [2.75, 3.05) is 52.8 Å². The molecule has 16 heteroatoms. The molecule has 10 atom stereocenters. The van der Waals surface area contributed by atoms with Crippen molar-refractivity contribution in [1.29, 1.82) is 0 Å². The number of carboxylic acids is 1. The first-order valence-corrected chi connectivity index (χ1v) is 21.9. The third-order valence-electron chi connectivity index (χ3n) is 14.7. The summed E-state index contributed by atoms with van der Waals surface area (Å²) in [7, 11) is 0. The number of carbonyl (C=O) groups excluding carboxylic acids is 3. The molecular formula is C44H64N4O12. The van der Waals surface area contributed by atoms with Crippen LogP contribution < -0.4 is 0 Å². The molecule has 5 rings (SSSR count). The SMILES string of the molecule is C[C@H](CCC(=O)OCCOCCOCCOCCN=[N+]=[N-])C1CC[C@H]2[C@@H]3CC[C@@H]4C[C@H](OC(=O)[C@H](CC(=O)O)CC(=O)c5ccc([N+](=O)[O-])cc5)CC[C@]4(C)[C@H]3CC[C@]12C. The fourth-order valence-corrected chi connectivity index (χ4v) is 11.6. The molecule has 0 aliphatic heterocycles. The molecule has 0 heterocycles. The number of carboxylic acid groups (broad SMARTS) is 1. The third kappa shape index (κ3) is 12.0. The van der Waals surface area contributed by atoms with Crippen molar-refractivity contribution in [1.82, 2.24) is 0 Å². The topological polar surface area (TPSA) is 227 Å². The van der Waals surface area contributed by atoms with Crippen LogP contribution in [-0.2, 0) is 38.1 Å². The molecule has 1 aromatic carbocycles. The van der Waals surface area contributed by atoms with Crippen molar-refractivity contribution in [3.63, 3.8) is 0 Å². The highest BCUT2D eigenvalue weighted by Gasteiger charge is 2.60. The lowest BCUT2D eigenvalue weighted by atomic mass is 9.44. The predicted molar refractivity (Wildman–Crippen MR) is 219 cm³/mol. The molecule has 4 fully saturated rings. The Morgan fingerprint density at radius 1 is 0.883 bits per heavy atom. The van der Waals surface area contributed by atoms with Crippen molar-refractivity contribution in [3.8, 4) is 0 Å². The number of azide groups is 1. The Kier molecular flexibility index (Phi) is 17.3. The maximum absolute atomic E-state index is 13.4. The van der Waals surface area contributed by atoms with E-state index in [-0.39, 0.29) is 47.2 Å². The highest BCUT2D eigenvalue weighted by Crippen LogP contribution is 2.68. The van der Waals surface area contributed by atoms with E-state index in [1.54, 1.807) is 0 Å². The zero-order valence-corrected chi connectivity index (χ0v) is 35.5. The van der Waals surface area contributed by atoms with Crippen molar-refractivity contribution >= 4 is 29.4 Å². The number of nitrogens with zero attached hydrogens (tertiary/aromatic N) is 4. The number of non-ortho nitro benzene ring substituents is 1. The molecule has 0 aromatic heterocycles. The van der Waals surface area contributed by atoms with Gasteiger partial charge in [0, 0.05) is 42.0 Å². The van der Waals surface area contributed by atoms with E-state index in [0.29, 0.717) is 94.5 Å². The van der Waals surface area contributed by atoms with Crippen molar-refractivity contribution in [2.24, 2.45) is 57.4 Å². The Balaban J connectivity index is 1.03. The van der Waals surface area contributed by atoms with Crippen LogP contribution in [0.4, 0.5) is 5.69 Å². The maximum Gasteiger partial charge on any atom is 0.310 e. The van der Waals surface area contributed by atoms with Crippen LogP contribution >= 0.6 is 0 Å². The van der Waals surface area contributed by atoms with E-state index in [1.807, 2.05) is 0 Å². The Bertz CT molecular complexity index is 1690. The molecule has 0 bridgehead atoms. The molecule has 4 aliphatic carbocycles. The zero-order valence-electron chi connectivity index (χ0n) is 35.5. The molecule has 1 unspecified atom stereocenters. The first-order valence-electron chi connectivity index (χ1n) is 21.9. The molecule has 16 nitrogen and oxygen atoms in total. The third-order valence-corrected chi connectivity index (χ3v) is 14.7. The molecule has 0 amide bonds. The quantitative estimate of drug-likeness (QED) is 0.0152. The summed E-state index contributed by atoms with van der Waals surface area (Å²) in [5.41, 5.74) is 8.62. The summed E-state index contributed by atoms with van der Waals surface area (Å²) >= 11 is 0. The normalized spacial score (nSPS) is 29.1. The fraction of sp³-hybridized carbons (Fsp3) is 0.773. The summed E-state index contributed by atoms with van der Waals surface area (Å²) in [5.74, 6) is -0.426. The number of aliphatic carboxylic acids is 1. The summed E-state index contributed by atoms with van der Waals surface area (Å²) < 4.78 is 27.7. The number of hydrogen-bond acceptors (Lipinski definition) is 12. The Hall–Kier alpha value is -4.11. The molecule has 332 valence electrons. The standard InChI is InChI=1S/C44H64N4O12/c1-29(4-13-41(52)59-25-24-58-23-22-57-21-20-56-19-18-46-47-45)36-11-12-37-35-10-7-32-28-34(14-16-43(32,2)38(35)15-17-44(36,37)3)60-42(53)31(27-40(50)51)26-39(49)30-5-8-33(9-6-30)48(54)55/h5-6,8-9,29,31-32,34-38H,4,7,10-28H2,1-3H3,(H,50,51)/t29-,31+,32-,34-,35+,36?,37+,38+,43+,44-/m1/s1. The van der Waals surface area contributed by atoms with Crippen LogP contribution in [0.3, 0.4) is 0 Å². The van der Waals surface area contributed by atoms with Gasteiger partial charge in [0.05, 0.1) is 56.9 Å². The number of fused-ring (bicyclic) bond motifs is 5. The van der Waals surface area contributed by atoms with Gasteiger partial charge < -0.3 is 28.8 Å². The van der Waals surface area contributed by atoms with Gasteiger partial charge in [-0.3, -0.25) is 29.3 Å². The minimum Gasteiger partial charge on any atom is -0.481 e. The minimum atomic E-state index is -1.20. The van der Waals surface area contributed by atoms with Gasteiger partial charge in [-0.2, -0.15) is 0 Å². The number of esters is 2. The average Bonchev–Trinajstić information content (AvgIpc) is 3.58. The summed E-state index contributed by atoms with van der Waals surface area (Å²) in [6.07, 6.45) is 9.31. The summed E-state index contributed by atoms with van der Waals surface area (Å²) in [4.78, 5) is 63.9. The van der Waals surface area contributed by atoms with Gasteiger partial charge in [-0.1, -0.05) is 25.9 Å². The Morgan fingerprint density at radius 2 is 1.53 bits per heavy atom. The van der Waals surface area contributed by atoms with Crippen LogP contribution in [0.25, 0.3) is 10.4 Å². The number of hydrogen-bond donors (Lipinski definition) is 1. The number of rotatable bonds is 24. The van der Waals surface area contributed by atoms with Crippen LogP contribution in [0.2, 0.25) is 0 Å². The number of ketones is 1. The number of Topliss-reactive ketones (excluding diaryl/α,β-unsaturated/α-hetero) is 1. The number of ether oxygens (including phenoxy) is 5. The van der Waals surface area contributed by atoms with Gasteiger partial charge in [0.2, 0.25) is 0 Å². The summed E-state index contributed by atoms with van der Waals surface area (Å²) in [6, 6.07) is 5.07. The van der Waals surface area contributed by atoms with E-state index in [4.69, 9.17) is 29.2 Å². The van der Waals surface area contributed by atoms with Gasteiger partial charge in [-0.25, -0.2) is 0 Å². The molecule has 1 aromatic rings. The second-order valence-corrected chi connectivity index (χ2v) is 18.0. The van der Waals surface area contributed by atoms with E-state index in [0.717, 1.165) is 32.1 Å². The smallest absolute Gasteiger partial charge is 0.310 e. The highest BCUT2D eigenvalue weighted by atomic mass is 16.6. The van der Waals surface area contributed by atoms with Crippen molar-refractivity contribution in [2.45, 2.75) is 110 Å². The summed E-state index contributed by atoms with van der Waals surface area (Å²) in [6.45, 7) is 10.1. The number of nitro benzene ring substituents is 1. The van der Waals surface area contributed by atoms with Gasteiger partial charge in [0.15, 0.2) is 5.78 Å². The first-order chi connectivity index (χ1) is 28.8. The second kappa shape index (κ2) is 22.1. The van der Waals surface area contributed by atoms with Crippen LogP contribution in [0, 0.1) is 62.4 Å². The van der Waals surface area contributed by atoms with Crippen LogP contribution in [0.1, 0.15) is 115 Å². The number of nitro groups is 1. The van der Waals surface area contributed by atoms with E-state index < -0.39 is 35.0 Å². The van der Waals surface area contributed by atoms with Crippen LogP contribution in [0.15, 0.2) is 29.4 Å². The molecule has 60 heavy (non-hydrogen) atoms. The number of benzene rings is 1. The predicted octanol–water partition coefficient (Wildman–Crippen LogP) is 8.15. The van der Waals surface area contributed by atoms with Gasteiger partial charge in [-0.15, -0.1) is 0 Å². The summed E-state index contributed by atoms with van der Waals surface area (Å²) in [5, 5.41) is 24.0. The van der Waals surface area contributed by atoms with Crippen molar-refractivity contribution < 1.29 is 52.9 Å². The molecule has 4 aliphatic rings. The molecule has 0 spiro atoms. The highest BCUT2D eigenvalue weighted by molar-refractivity contribution is 5.98. The largest absolute Gasteiger partial charge is 0.481 e. The van der Waals surface area contributed by atoms with Crippen LogP contribution in [-0.4, -0.2) is 92.6 Å². The van der Waals surface area contributed by atoms with Gasteiger partial charge >= 0.3 is 17.9 Å². The molecule has 0 saturated heterocycles. The van der Waals surface area contributed by atoms with E-state index in [9.17, 15) is 34.4 Å². The Labute approximate surface area is 352 Å².